The van der Waals surface area contributed by atoms with Crippen molar-refractivity contribution < 1.29 is 9.53 Å². The lowest BCUT2D eigenvalue weighted by Gasteiger charge is -2.37. The third-order valence-corrected chi connectivity index (χ3v) is 5.89. The van der Waals surface area contributed by atoms with Crippen LogP contribution in [0.1, 0.15) is 45.6 Å². The molecule has 6 nitrogen and oxygen atoms in total. The van der Waals surface area contributed by atoms with E-state index in [1.807, 2.05) is 31.0 Å². The van der Waals surface area contributed by atoms with Crippen LogP contribution in [-0.4, -0.2) is 52.6 Å². The van der Waals surface area contributed by atoms with Crippen molar-refractivity contribution in [1.29, 1.82) is 0 Å². The number of hydrogen-bond acceptors (Lipinski definition) is 3. The van der Waals surface area contributed by atoms with Gasteiger partial charge in [-0.3, -0.25) is 4.68 Å². The maximum atomic E-state index is 12.4. The van der Waals surface area contributed by atoms with E-state index < -0.39 is 0 Å². The molecule has 6 heteroatoms. The highest BCUT2D eigenvalue weighted by molar-refractivity contribution is 5.74. The molecule has 4 rings (SSSR count). The number of likely N-dealkylation sites (tertiary alicyclic amines) is 1. The number of ether oxygens (including phenoxy) is 1. The zero-order chi connectivity index (χ0) is 17.4. The molecule has 25 heavy (non-hydrogen) atoms. The SMILES string of the molecule is CC(C)NC(=O)N1C[C@H]2C[C@H](OCC3CC3)[C@@H](n3cccn3)C[C@H]2C1. The number of carbonyl (C=O) groups is 1. The molecule has 1 aliphatic heterocycles. The first kappa shape index (κ1) is 16.9. The van der Waals surface area contributed by atoms with E-state index >= 15 is 0 Å². The molecule has 2 saturated carbocycles. The Balaban J connectivity index is 1.43. The van der Waals surface area contributed by atoms with Crippen LogP contribution in [0.5, 0.6) is 0 Å². The summed E-state index contributed by atoms with van der Waals surface area (Å²) in [4.78, 5) is 14.4. The summed E-state index contributed by atoms with van der Waals surface area (Å²) in [7, 11) is 0. The van der Waals surface area contributed by atoms with E-state index in [4.69, 9.17) is 4.74 Å². The Hall–Kier alpha value is -1.56. The van der Waals surface area contributed by atoms with Crippen molar-refractivity contribution in [1.82, 2.24) is 20.0 Å². The van der Waals surface area contributed by atoms with Crippen molar-refractivity contribution in [3.8, 4) is 0 Å². The van der Waals surface area contributed by atoms with Gasteiger partial charge in [0.15, 0.2) is 0 Å². The second-order valence-corrected chi connectivity index (χ2v) is 8.37. The number of hydrogen-bond donors (Lipinski definition) is 1. The maximum Gasteiger partial charge on any atom is 0.317 e. The molecule has 1 aromatic heterocycles. The van der Waals surface area contributed by atoms with E-state index in [0.29, 0.717) is 17.9 Å². The van der Waals surface area contributed by atoms with Crippen LogP contribution in [0.4, 0.5) is 4.79 Å². The molecule has 1 saturated heterocycles. The number of carbonyl (C=O) groups excluding carboxylic acids is 1. The number of nitrogens with zero attached hydrogens (tertiary/aromatic N) is 3. The third-order valence-electron chi connectivity index (χ3n) is 5.89. The third kappa shape index (κ3) is 3.84. The topological polar surface area (TPSA) is 59.4 Å². The Labute approximate surface area is 149 Å². The molecular formula is C19H30N4O2. The van der Waals surface area contributed by atoms with Gasteiger partial charge in [0.2, 0.25) is 0 Å². The van der Waals surface area contributed by atoms with Crippen LogP contribution in [0.25, 0.3) is 0 Å². The van der Waals surface area contributed by atoms with Gasteiger partial charge < -0.3 is 15.0 Å². The van der Waals surface area contributed by atoms with Gasteiger partial charge in [0, 0.05) is 38.1 Å². The predicted octanol–water partition coefficient (Wildman–Crippen LogP) is 2.68. The lowest BCUT2D eigenvalue weighted by Crippen LogP contribution is -2.41. The van der Waals surface area contributed by atoms with E-state index in [-0.39, 0.29) is 18.2 Å². The van der Waals surface area contributed by atoms with Crippen LogP contribution in [0.3, 0.4) is 0 Å². The molecule has 0 radical (unpaired) electrons. The molecule has 2 aliphatic carbocycles. The first-order valence-electron chi connectivity index (χ1n) is 9.76. The standard InChI is InChI=1S/C19H30N4O2/c1-13(2)21-19(24)22-10-15-8-17(23-7-3-6-20-23)18(9-16(15)11-22)25-12-14-4-5-14/h3,6-7,13-18H,4-5,8-12H2,1-2H3,(H,21,24)/t15-,16+,17-,18-/m0/s1. The Morgan fingerprint density at radius 2 is 2.04 bits per heavy atom. The van der Waals surface area contributed by atoms with Gasteiger partial charge in [0.25, 0.3) is 0 Å². The maximum absolute atomic E-state index is 12.4. The highest BCUT2D eigenvalue weighted by Crippen LogP contribution is 2.43. The van der Waals surface area contributed by atoms with Crippen LogP contribution in [0.2, 0.25) is 0 Å². The molecule has 0 bridgehead atoms. The van der Waals surface area contributed by atoms with Gasteiger partial charge in [-0.1, -0.05) is 0 Å². The molecule has 0 aromatic carbocycles. The quantitative estimate of drug-likeness (QED) is 0.892. The average molecular weight is 346 g/mol. The minimum absolute atomic E-state index is 0.0792. The molecule has 4 atom stereocenters. The van der Waals surface area contributed by atoms with Crippen LogP contribution in [0, 0.1) is 17.8 Å². The summed E-state index contributed by atoms with van der Waals surface area (Å²) in [6.07, 6.45) is 8.83. The zero-order valence-corrected chi connectivity index (χ0v) is 15.3. The number of amides is 2. The molecular weight excluding hydrogens is 316 g/mol. The Bertz CT molecular complexity index is 584. The van der Waals surface area contributed by atoms with Crippen molar-refractivity contribution in [2.75, 3.05) is 19.7 Å². The fourth-order valence-corrected chi connectivity index (χ4v) is 4.37. The van der Waals surface area contributed by atoms with Crippen LogP contribution in [0.15, 0.2) is 18.5 Å². The summed E-state index contributed by atoms with van der Waals surface area (Å²) in [5.74, 6) is 1.87. The fourth-order valence-electron chi connectivity index (χ4n) is 4.37. The highest BCUT2D eigenvalue weighted by atomic mass is 16.5. The number of urea groups is 1. The van der Waals surface area contributed by atoms with Crippen molar-refractivity contribution in [2.45, 2.75) is 57.7 Å². The molecule has 1 aromatic rings. The van der Waals surface area contributed by atoms with Gasteiger partial charge in [0.1, 0.15) is 0 Å². The van der Waals surface area contributed by atoms with Crippen molar-refractivity contribution in [3.05, 3.63) is 18.5 Å². The van der Waals surface area contributed by atoms with Gasteiger partial charge in [-0.2, -0.15) is 5.10 Å². The van der Waals surface area contributed by atoms with Crippen LogP contribution in [-0.2, 0) is 4.74 Å². The average Bonchev–Trinajstić information content (AvgIpc) is 3.08. The molecule has 2 amide bonds. The summed E-state index contributed by atoms with van der Waals surface area (Å²) >= 11 is 0. The molecule has 3 aliphatic rings. The minimum atomic E-state index is 0.0792. The summed E-state index contributed by atoms with van der Waals surface area (Å²) in [6, 6.07) is 2.54. The zero-order valence-electron chi connectivity index (χ0n) is 15.3. The van der Waals surface area contributed by atoms with Gasteiger partial charge in [-0.05, 0) is 63.4 Å². The van der Waals surface area contributed by atoms with Gasteiger partial charge >= 0.3 is 6.03 Å². The number of rotatable bonds is 5. The summed E-state index contributed by atoms with van der Waals surface area (Å²) in [5.41, 5.74) is 0. The molecule has 2 heterocycles. The first-order chi connectivity index (χ1) is 12.1. The Morgan fingerprint density at radius 3 is 2.68 bits per heavy atom. The minimum Gasteiger partial charge on any atom is -0.376 e. The second-order valence-electron chi connectivity index (χ2n) is 8.37. The lowest BCUT2D eigenvalue weighted by molar-refractivity contribution is -0.0371. The molecule has 1 N–H and O–H groups in total. The lowest BCUT2D eigenvalue weighted by atomic mass is 9.77. The molecule has 3 fully saturated rings. The highest BCUT2D eigenvalue weighted by Gasteiger charge is 2.45. The summed E-state index contributed by atoms with van der Waals surface area (Å²) in [6.45, 7) is 6.62. The first-order valence-corrected chi connectivity index (χ1v) is 9.76. The number of fused-ring (bicyclic) bond motifs is 1. The number of aromatic nitrogens is 2. The van der Waals surface area contributed by atoms with E-state index in [0.717, 1.165) is 38.5 Å². The van der Waals surface area contributed by atoms with Gasteiger partial charge in [-0.25, -0.2) is 4.79 Å². The van der Waals surface area contributed by atoms with Crippen molar-refractivity contribution >= 4 is 6.03 Å². The smallest absolute Gasteiger partial charge is 0.317 e. The monoisotopic (exact) mass is 346 g/mol. The van der Waals surface area contributed by atoms with E-state index in [1.54, 1.807) is 0 Å². The number of nitrogens with one attached hydrogen (secondary N) is 1. The van der Waals surface area contributed by atoms with E-state index in [1.165, 1.54) is 12.8 Å². The van der Waals surface area contributed by atoms with Crippen LogP contribution >= 0.6 is 0 Å². The molecule has 138 valence electrons. The van der Waals surface area contributed by atoms with Crippen molar-refractivity contribution in [2.24, 2.45) is 17.8 Å². The largest absolute Gasteiger partial charge is 0.376 e. The Morgan fingerprint density at radius 1 is 1.28 bits per heavy atom. The Kier molecular flexibility index (Phi) is 4.71. The fraction of sp³-hybridized carbons (Fsp3) is 0.789. The second kappa shape index (κ2) is 6.98. The summed E-state index contributed by atoms with van der Waals surface area (Å²) < 4.78 is 8.41. The van der Waals surface area contributed by atoms with E-state index in [2.05, 4.69) is 21.3 Å². The molecule has 0 spiro atoms. The predicted molar refractivity (Wildman–Crippen MR) is 95.2 cm³/mol. The summed E-state index contributed by atoms with van der Waals surface area (Å²) in [5, 5.41) is 7.52. The molecule has 0 unspecified atom stereocenters. The van der Waals surface area contributed by atoms with Crippen molar-refractivity contribution in [3.63, 3.8) is 0 Å². The van der Waals surface area contributed by atoms with E-state index in [9.17, 15) is 4.79 Å². The normalized spacial score (nSPS) is 32.0. The van der Waals surface area contributed by atoms with Gasteiger partial charge in [-0.15, -0.1) is 0 Å². The van der Waals surface area contributed by atoms with Crippen LogP contribution < -0.4 is 5.32 Å². The van der Waals surface area contributed by atoms with Gasteiger partial charge in [0.05, 0.1) is 12.1 Å².